The van der Waals surface area contributed by atoms with Gasteiger partial charge in [-0.1, -0.05) is 6.07 Å². The zero-order valence-corrected chi connectivity index (χ0v) is 19.9. The fourth-order valence-electron chi connectivity index (χ4n) is 5.28. The first-order valence-electron chi connectivity index (χ1n) is 12.1. The number of aromatic nitrogens is 3. The van der Waals surface area contributed by atoms with E-state index in [1.807, 2.05) is 24.3 Å². The van der Waals surface area contributed by atoms with Crippen LogP contribution in [-0.4, -0.2) is 73.3 Å². The molecule has 0 radical (unpaired) electrons. The maximum atomic E-state index is 14.4. The van der Waals surface area contributed by atoms with Crippen LogP contribution in [0, 0.1) is 0 Å². The van der Waals surface area contributed by atoms with E-state index in [0.717, 1.165) is 17.5 Å². The van der Waals surface area contributed by atoms with Gasteiger partial charge >= 0.3 is 0 Å². The summed E-state index contributed by atoms with van der Waals surface area (Å²) in [5.74, 6) is -0.989. The van der Waals surface area contributed by atoms with E-state index in [2.05, 4.69) is 15.5 Å². The summed E-state index contributed by atoms with van der Waals surface area (Å²) in [5, 5.41) is 21.2. The molecule has 1 aliphatic heterocycles. The molecule has 3 heterocycles. The van der Waals surface area contributed by atoms with Gasteiger partial charge in [0.15, 0.2) is 5.78 Å². The Morgan fingerprint density at radius 2 is 2.00 bits per heavy atom. The van der Waals surface area contributed by atoms with E-state index in [1.165, 1.54) is 11.8 Å². The Hall–Kier alpha value is -3.66. The number of hydrogen-bond donors (Lipinski definition) is 2. The minimum atomic E-state index is -1.30. The number of aliphatic hydroxyl groups is 1. The lowest BCUT2D eigenvalue weighted by Crippen LogP contribution is -2.51. The standard InChI is InChI=1S/C26H28FN5O4/c1-15(33)20-13-31(22-6-5-16(9-19(20)22)17-7-8-28-29-11-17)14-25(35)32-12-18(27)10-23(32)26(36)30-21-3-2-4-24(21)34/h5-9,11,13,18,21,23-24,34H,2-4,10,12,14H2,1H3,(H,30,36). The molecule has 10 heteroatoms. The number of rotatable bonds is 6. The van der Waals surface area contributed by atoms with Gasteiger partial charge in [0.05, 0.1) is 31.1 Å². The van der Waals surface area contributed by atoms with E-state index in [0.29, 0.717) is 29.3 Å². The molecule has 4 atom stereocenters. The van der Waals surface area contributed by atoms with Crippen LogP contribution in [0.5, 0.6) is 0 Å². The Morgan fingerprint density at radius 3 is 2.69 bits per heavy atom. The van der Waals surface area contributed by atoms with Crippen molar-refractivity contribution in [3.05, 3.63) is 48.4 Å². The minimum absolute atomic E-state index is 0.0746. The Balaban J connectivity index is 1.39. The zero-order chi connectivity index (χ0) is 25.4. The van der Waals surface area contributed by atoms with E-state index >= 15 is 0 Å². The highest BCUT2D eigenvalue weighted by Crippen LogP contribution is 2.29. The van der Waals surface area contributed by atoms with Crippen molar-refractivity contribution in [3.8, 4) is 11.1 Å². The van der Waals surface area contributed by atoms with Crippen molar-refractivity contribution in [2.24, 2.45) is 0 Å². The first-order valence-corrected chi connectivity index (χ1v) is 12.1. The molecule has 2 aliphatic rings. The van der Waals surface area contributed by atoms with Gasteiger partial charge in [-0.2, -0.15) is 10.2 Å². The smallest absolute Gasteiger partial charge is 0.243 e. The second kappa shape index (κ2) is 9.77. The van der Waals surface area contributed by atoms with E-state index in [4.69, 9.17) is 0 Å². The highest BCUT2D eigenvalue weighted by molar-refractivity contribution is 6.08. The van der Waals surface area contributed by atoms with E-state index in [9.17, 15) is 23.9 Å². The van der Waals surface area contributed by atoms with Gasteiger partial charge in [-0.25, -0.2) is 4.39 Å². The summed E-state index contributed by atoms with van der Waals surface area (Å²) in [6, 6.07) is 6.10. The Kier molecular flexibility index (Phi) is 6.53. The molecule has 1 saturated carbocycles. The van der Waals surface area contributed by atoms with Crippen LogP contribution in [0.1, 0.15) is 43.0 Å². The molecular formula is C26H28FN5O4. The van der Waals surface area contributed by atoms with Gasteiger partial charge < -0.3 is 19.9 Å². The van der Waals surface area contributed by atoms with Gasteiger partial charge in [0, 0.05) is 34.6 Å². The van der Waals surface area contributed by atoms with Crippen LogP contribution in [0.2, 0.25) is 0 Å². The summed E-state index contributed by atoms with van der Waals surface area (Å²) in [6.45, 7) is 1.16. The normalized spacial score (nSPS) is 23.8. The van der Waals surface area contributed by atoms with E-state index < -0.39 is 30.1 Å². The van der Waals surface area contributed by atoms with Gasteiger partial charge in [0.1, 0.15) is 18.8 Å². The van der Waals surface area contributed by atoms with Crippen LogP contribution in [0.3, 0.4) is 0 Å². The lowest BCUT2D eigenvalue weighted by Gasteiger charge is -2.26. The number of carbonyl (C=O) groups excluding carboxylic acids is 3. The number of fused-ring (bicyclic) bond motifs is 1. The average molecular weight is 494 g/mol. The summed E-state index contributed by atoms with van der Waals surface area (Å²) < 4.78 is 16.0. The van der Waals surface area contributed by atoms with Crippen LogP contribution < -0.4 is 5.32 Å². The topological polar surface area (TPSA) is 117 Å². The quantitative estimate of drug-likeness (QED) is 0.509. The summed E-state index contributed by atoms with van der Waals surface area (Å²) in [7, 11) is 0. The van der Waals surface area contributed by atoms with Gasteiger partial charge in [-0.15, -0.1) is 0 Å². The average Bonchev–Trinajstić information content (AvgIpc) is 3.56. The molecule has 0 bridgehead atoms. The SMILES string of the molecule is CC(=O)c1cn(CC(=O)N2CC(F)CC2C(=O)NC2CCCC2O)c2ccc(-c3ccnnc3)cc12. The predicted octanol–water partition coefficient (Wildman–Crippen LogP) is 2.27. The molecular weight excluding hydrogens is 465 g/mol. The molecule has 188 valence electrons. The summed E-state index contributed by atoms with van der Waals surface area (Å²) in [6.07, 6.45) is 4.93. The van der Waals surface area contributed by atoms with Crippen molar-refractivity contribution in [2.45, 2.75) is 63.5 Å². The first-order chi connectivity index (χ1) is 17.3. The highest BCUT2D eigenvalue weighted by Gasteiger charge is 2.41. The number of Topliss-reactive ketones (excluding diaryl/α,β-unsaturated/α-hetero) is 1. The number of ketones is 1. The number of likely N-dealkylation sites (tertiary alicyclic amines) is 1. The van der Waals surface area contributed by atoms with Crippen molar-refractivity contribution in [3.63, 3.8) is 0 Å². The van der Waals surface area contributed by atoms with Crippen LogP contribution >= 0.6 is 0 Å². The number of carbonyl (C=O) groups is 3. The Labute approximate surface area is 207 Å². The van der Waals surface area contributed by atoms with Crippen molar-refractivity contribution < 1.29 is 23.9 Å². The summed E-state index contributed by atoms with van der Waals surface area (Å²) >= 11 is 0. The summed E-state index contributed by atoms with van der Waals surface area (Å²) in [5.41, 5.74) is 2.86. The van der Waals surface area contributed by atoms with Crippen molar-refractivity contribution in [2.75, 3.05) is 6.54 Å². The second-order valence-electron chi connectivity index (χ2n) is 9.60. The molecule has 2 aromatic heterocycles. The maximum Gasteiger partial charge on any atom is 0.243 e. The largest absolute Gasteiger partial charge is 0.391 e. The van der Waals surface area contributed by atoms with Gasteiger partial charge in [-0.05, 0) is 49.9 Å². The molecule has 2 fully saturated rings. The Morgan fingerprint density at radius 1 is 1.17 bits per heavy atom. The molecule has 2 N–H and O–H groups in total. The lowest BCUT2D eigenvalue weighted by molar-refractivity contribution is -0.139. The molecule has 1 aliphatic carbocycles. The predicted molar refractivity (Wildman–Crippen MR) is 130 cm³/mol. The third-order valence-electron chi connectivity index (χ3n) is 7.16. The number of hydrogen-bond acceptors (Lipinski definition) is 6. The zero-order valence-electron chi connectivity index (χ0n) is 19.9. The molecule has 3 aromatic rings. The molecule has 4 unspecified atom stereocenters. The number of amides is 2. The Bertz CT molecular complexity index is 1310. The van der Waals surface area contributed by atoms with Crippen molar-refractivity contribution >= 4 is 28.5 Å². The molecule has 5 rings (SSSR count). The van der Waals surface area contributed by atoms with Crippen LogP contribution in [-0.2, 0) is 16.1 Å². The van der Waals surface area contributed by atoms with Crippen LogP contribution in [0.4, 0.5) is 4.39 Å². The summed E-state index contributed by atoms with van der Waals surface area (Å²) in [4.78, 5) is 39.9. The number of halogens is 1. The molecule has 2 amide bonds. The minimum Gasteiger partial charge on any atom is -0.391 e. The van der Waals surface area contributed by atoms with Crippen LogP contribution in [0.25, 0.3) is 22.0 Å². The maximum absolute atomic E-state index is 14.4. The third kappa shape index (κ3) is 4.60. The van der Waals surface area contributed by atoms with Crippen molar-refractivity contribution in [1.82, 2.24) is 25.0 Å². The number of benzene rings is 1. The molecule has 9 nitrogen and oxygen atoms in total. The van der Waals surface area contributed by atoms with Crippen LogP contribution in [0.15, 0.2) is 42.9 Å². The van der Waals surface area contributed by atoms with Gasteiger partial charge in [-0.3, -0.25) is 14.4 Å². The number of nitrogens with one attached hydrogen (secondary N) is 1. The van der Waals surface area contributed by atoms with Crippen molar-refractivity contribution in [1.29, 1.82) is 0 Å². The second-order valence-corrected chi connectivity index (χ2v) is 9.60. The fourth-order valence-corrected chi connectivity index (χ4v) is 5.28. The molecule has 1 aromatic carbocycles. The van der Waals surface area contributed by atoms with Gasteiger partial charge in [0.2, 0.25) is 11.8 Å². The first kappa shape index (κ1) is 24.1. The molecule has 1 saturated heterocycles. The number of nitrogens with zero attached hydrogens (tertiary/aromatic N) is 4. The monoisotopic (exact) mass is 493 g/mol. The highest BCUT2D eigenvalue weighted by atomic mass is 19.1. The van der Waals surface area contributed by atoms with E-state index in [-0.39, 0.29) is 31.3 Å². The van der Waals surface area contributed by atoms with Gasteiger partial charge in [0.25, 0.3) is 0 Å². The van der Waals surface area contributed by atoms with E-state index in [1.54, 1.807) is 23.2 Å². The molecule has 36 heavy (non-hydrogen) atoms. The number of alkyl halides is 1. The lowest BCUT2D eigenvalue weighted by atomic mass is 10.0. The fraction of sp³-hybridized carbons (Fsp3) is 0.423. The molecule has 0 spiro atoms. The number of aliphatic hydroxyl groups excluding tert-OH is 1. The third-order valence-corrected chi connectivity index (χ3v) is 7.16.